The van der Waals surface area contributed by atoms with Gasteiger partial charge in [-0.1, -0.05) is 6.42 Å². The Bertz CT molecular complexity index is 88.5. The van der Waals surface area contributed by atoms with Crippen molar-refractivity contribution in [2.75, 3.05) is 6.54 Å². The van der Waals surface area contributed by atoms with Gasteiger partial charge in [-0.3, -0.25) is 4.79 Å². The van der Waals surface area contributed by atoms with Crippen molar-refractivity contribution in [3.8, 4) is 0 Å². The van der Waals surface area contributed by atoms with Gasteiger partial charge in [-0.05, 0) is 19.4 Å². The number of hydrogen-bond acceptors (Lipinski definition) is 2. The van der Waals surface area contributed by atoms with E-state index < -0.39 is 5.97 Å². The molecule has 0 atom stereocenters. The van der Waals surface area contributed by atoms with E-state index in [0.29, 0.717) is 6.54 Å². The maximum Gasteiger partial charge on any atom is 0.303 e. The smallest absolute Gasteiger partial charge is 0.303 e. The molecule has 0 saturated heterocycles. The number of aliphatic carboxylic acids is 1. The van der Waals surface area contributed by atoms with Crippen molar-refractivity contribution in [1.29, 1.82) is 0 Å². The molecule has 0 unspecified atom stereocenters. The molecule has 0 spiro atoms. The van der Waals surface area contributed by atoms with Crippen LogP contribution >= 0.6 is 0 Å². The van der Waals surface area contributed by atoms with Gasteiger partial charge in [-0.2, -0.15) is 0 Å². The third kappa shape index (κ3) is 17.8. The monoisotopic (exact) mass is 249 g/mol. The number of rotatable bonds is 5. The Morgan fingerprint density at radius 3 is 2.18 bits per heavy atom. The minimum atomic E-state index is -0.716. The quantitative estimate of drug-likeness (QED) is 0.556. The zero-order valence-corrected chi connectivity index (χ0v) is 7.84. The van der Waals surface area contributed by atoms with Crippen LogP contribution in [0.1, 0.15) is 25.7 Å². The first kappa shape index (κ1) is 17.3. The average molecular weight is 250 g/mol. The van der Waals surface area contributed by atoms with E-state index in [4.69, 9.17) is 10.8 Å². The van der Waals surface area contributed by atoms with Crippen molar-refractivity contribution in [3.05, 3.63) is 7.43 Å². The summed E-state index contributed by atoms with van der Waals surface area (Å²) in [5.41, 5.74) is 5.20. The summed E-state index contributed by atoms with van der Waals surface area (Å²) in [7, 11) is 0. The molecule has 0 aliphatic rings. The molecule has 0 aliphatic heterocycles. The number of unbranched alkanes of at least 4 members (excludes halogenated alkanes) is 2. The first-order chi connectivity index (χ1) is 4.27. The van der Waals surface area contributed by atoms with Gasteiger partial charge >= 0.3 is 5.97 Å². The molecule has 0 aliphatic carbocycles. The predicted molar refractivity (Wildman–Crippen MR) is 38.4 cm³/mol. The van der Waals surface area contributed by atoms with E-state index in [0.717, 1.165) is 19.3 Å². The predicted octanol–water partition coefficient (Wildman–Crippen LogP) is 0.669. The summed E-state index contributed by atoms with van der Waals surface area (Å²) in [6.45, 7) is 0.666. The molecule has 0 saturated carbocycles. The Morgan fingerprint density at radius 2 is 1.82 bits per heavy atom. The normalized spacial score (nSPS) is 7.73. The van der Waals surface area contributed by atoms with E-state index >= 15 is 0 Å². The number of carboxylic acids is 1. The molecular weight excluding hydrogens is 237 g/mol. The summed E-state index contributed by atoms with van der Waals surface area (Å²) in [5, 5.41) is 8.18. The van der Waals surface area contributed by atoms with Gasteiger partial charge in [-0.25, -0.2) is 0 Å². The molecule has 0 rings (SSSR count). The van der Waals surface area contributed by atoms with Crippen molar-refractivity contribution in [3.63, 3.8) is 0 Å². The second kappa shape index (κ2) is 12.7. The van der Waals surface area contributed by atoms with Crippen LogP contribution in [-0.2, 0) is 25.2 Å². The molecule has 68 valence electrons. The summed E-state index contributed by atoms with van der Waals surface area (Å²) in [6, 6.07) is 0. The minimum absolute atomic E-state index is 0. The van der Waals surface area contributed by atoms with Gasteiger partial charge in [-0.15, -0.1) is 0 Å². The number of carbonyl (C=O) groups is 1. The van der Waals surface area contributed by atoms with Crippen molar-refractivity contribution >= 4 is 5.97 Å². The number of nitrogens with two attached hydrogens (primary N) is 1. The Labute approximate surface area is 82.0 Å². The molecular formula is C7H13NO2Pd. The van der Waals surface area contributed by atoms with E-state index in [1.54, 1.807) is 0 Å². The van der Waals surface area contributed by atoms with Gasteiger partial charge in [0.15, 0.2) is 0 Å². The van der Waals surface area contributed by atoms with Crippen molar-refractivity contribution in [2.45, 2.75) is 25.7 Å². The molecule has 3 N–H and O–H groups in total. The molecule has 0 aromatic heterocycles. The van der Waals surface area contributed by atoms with E-state index in [1.165, 1.54) is 0 Å². The third-order valence-electron chi connectivity index (χ3n) is 1.09. The molecule has 4 heteroatoms. The Balaban J connectivity index is -0.000000320. The Hall–Kier alpha value is 0.0923. The van der Waals surface area contributed by atoms with Crippen LogP contribution in [0, 0.1) is 7.43 Å². The molecule has 0 aromatic rings. The summed E-state index contributed by atoms with van der Waals surface area (Å²) in [4.78, 5) is 9.93. The van der Waals surface area contributed by atoms with E-state index in [9.17, 15) is 4.79 Å². The number of hydrogen-bond donors (Lipinski definition) is 2. The second-order valence-electron chi connectivity index (χ2n) is 1.99. The summed E-state index contributed by atoms with van der Waals surface area (Å²) in [6.07, 6.45) is 2.91. The maximum absolute atomic E-state index is 9.93. The van der Waals surface area contributed by atoms with E-state index in [1.807, 2.05) is 0 Å². The van der Waals surface area contributed by atoms with Crippen molar-refractivity contribution < 1.29 is 30.3 Å². The van der Waals surface area contributed by atoms with Crippen LogP contribution in [0.4, 0.5) is 0 Å². The van der Waals surface area contributed by atoms with Crippen molar-refractivity contribution in [1.82, 2.24) is 0 Å². The first-order valence-electron chi connectivity index (χ1n) is 3.19. The zero-order valence-electron chi connectivity index (χ0n) is 6.28. The maximum atomic E-state index is 9.93. The summed E-state index contributed by atoms with van der Waals surface area (Å²) in [5.74, 6) is -0.716. The summed E-state index contributed by atoms with van der Waals surface area (Å²) < 4.78 is 0. The zero-order chi connectivity index (χ0) is 7.11. The number of carboxylic acid groups (broad SMARTS) is 1. The van der Waals surface area contributed by atoms with Crippen LogP contribution in [0.5, 0.6) is 0 Å². The third-order valence-corrected chi connectivity index (χ3v) is 1.09. The molecule has 0 aromatic carbocycles. The van der Waals surface area contributed by atoms with Crippen molar-refractivity contribution in [2.24, 2.45) is 5.73 Å². The molecule has 0 bridgehead atoms. The fourth-order valence-corrected chi connectivity index (χ4v) is 0.597. The molecule has 0 fully saturated rings. The largest absolute Gasteiger partial charge is 0.481 e. The fourth-order valence-electron chi connectivity index (χ4n) is 0.597. The average Bonchev–Trinajstić information content (AvgIpc) is 1.80. The minimum Gasteiger partial charge on any atom is -0.481 e. The van der Waals surface area contributed by atoms with Crippen LogP contribution in [0.3, 0.4) is 0 Å². The van der Waals surface area contributed by atoms with Crippen LogP contribution in [0.15, 0.2) is 0 Å². The van der Waals surface area contributed by atoms with Gasteiger partial charge in [0.05, 0.1) is 0 Å². The van der Waals surface area contributed by atoms with Gasteiger partial charge < -0.3 is 10.8 Å². The fraction of sp³-hybridized carbons (Fsp3) is 0.714. The van der Waals surface area contributed by atoms with Crippen LogP contribution < -0.4 is 5.73 Å². The Morgan fingerprint density at radius 1 is 1.27 bits per heavy atom. The SMILES string of the molecule is NCCCCCC(=O)O.[C].[Pd]. The van der Waals surface area contributed by atoms with Gasteiger partial charge in [0, 0.05) is 34.3 Å². The van der Waals surface area contributed by atoms with Gasteiger partial charge in [0.25, 0.3) is 0 Å². The standard InChI is InChI=1S/C6H13NO2.C.Pd/c7-5-3-1-2-4-6(8)9;;/h1-5,7H2,(H,8,9);;. The van der Waals surface area contributed by atoms with Gasteiger partial charge in [0.1, 0.15) is 0 Å². The molecule has 11 heavy (non-hydrogen) atoms. The Kier molecular flexibility index (Phi) is 20.0. The molecule has 0 heterocycles. The molecule has 3 nitrogen and oxygen atoms in total. The van der Waals surface area contributed by atoms with Crippen LogP contribution in [-0.4, -0.2) is 17.6 Å². The topological polar surface area (TPSA) is 63.3 Å². The van der Waals surface area contributed by atoms with E-state index in [-0.39, 0.29) is 34.3 Å². The second-order valence-corrected chi connectivity index (χ2v) is 1.99. The summed E-state index contributed by atoms with van der Waals surface area (Å²) >= 11 is 0. The van der Waals surface area contributed by atoms with Crippen LogP contribution in [0.2, 0.25) is 0 Å². The van der Waals surface area contributed by atoms with Crippen LogP contribution in [0.25, 0.3) is 0 Å². The van der Waals surface area contributed by atoms with Gasteiger partial charge in [0.2, 0.25) is 0 Å². The molecule has 0 amide bonds. The first-order valence-corrected chi connectivity index (χ1v) is 3.19. The molecule has 4 radical (unpaired) electrons. The van der Waals surface area contributed by atoms with E-state index in [2.05, 4.69) is 0 Å².